The summed E-state index contributed by atoms with van der Waals surface area (Å²) in [6.45, 7) is 7.64. The van der Waals surface area contributed by atoms with Gasteiger partial charge in [0, 0.05) is 39.3 Å². The molecule has 1 saturated heterocycles. The van der Waals surface area contributed by atoms with Crippen molar-refractivity contribution in [3.05, 3.63) is 42.2 Å². The first-order valence-corrected chi connectivity index (χ1v) is 8.83. The normalized spacial score (nSPS) is 14.4. The smallest absolute Gasteiger partial charge is 0.289 e. The lowest BCUT2D eigenvalue weighted by Gasteiger charge is -2.34. The number of hydrogen-bond donors (Lipinski definition) is 0. The summed E-state index contributed by atoms with van der Waals surface area (Å²) >= 11 is 0. The van der Waals surface area contributed by atoms with Gasteiger partial charge in [-0.3, -0.25) is 9.59 Å². The van der Waals surface area contributed by atoms with E-state index in [0.717, 1.165) is 18.9 Å². The minimum atomic E-state index is -0.159. The van der Waals surface area contributed by atoms with Gasteiger partial charge < -0.3 is 19.1 Å². The lowest BCUT2D eigenvalue weighted by Crippen LogP contribution is -2.50. The van der Waals surface area contributed by atoms with Crippen molar-refractivity contribution in [2.24, 2.45) is 0 Å². The van der Waals surface area contributed by atoms with Crippen LogP contribution in [-0.4, -0.2) is 70.9 Å². The van der Waals surface area contributed by atoms with Gasteiger partial charge in [0.25, 0.3) is 11.8 Å². The lowest BCUT2D eigenvalue weighted by atomic mass is 10.2. The topological polar surface area (TPSA) is 82.8 Å². The van der Waals surface area contributed by atoms with Crippen molar-refractivity contribution in [1.29, 1.82) is 0 Å². The molecule has 0 unspecified atom stereocenters. The number of hydrogen-bond acceptors (Lipinski definition) is 6. The number of carbonyl (C=O) groups excluding carboxylic acids is 2. The molecule has 0 spiro atoms. The molecule has 1 fully saturated rings. The Kier molecular flexibility index (Phi) is 5.50. The molecule has 2 aromatic rings. The first-order valence-electron chi connectivity index (χ1n) is 8.83. The molecule has 1 aliphatic heterocycles. The molecule has 3 rings (SSSR count). The number of piperazine rings is 1. The van der Waals surface area contributed by atoms with Crippen LogP contribution in [0.1, 0.15) is 34.9 Å². The summed E-state index contributed by atoms with van der Waals surface area (Å²) in [6.07, 6.45) is 4.64. The van der Waals surface area contributed by atoms with Gasteiger partial charge in [0.2, 0.25) is 0 Å². The number of carbonyl (C=O) groups is 2. The van der Waals surface area contributed by atoms with Gasteiger partial charge in [-0.1, -0.05) is 0 Å². The monoisotopic (exact) mass is 357 g/mol. The zero-order chi connectivity index (χ0) is 18.5. The molecule has 1 aliphatic rings. The second kappa shape index (κ2) is 7.99. The van der Waals surface area contributed by atoms with Crippen LogP contribution in [-0.2, 0) is 0 Å². The first kappa shape index (κ1) is 17.9. The molecule has 3 heterocycles. The minimum absolute atomic E-state index is 0.148. The maximum Gasteiger partial charge on any atom is 0.289 e. The van der Waals surface area contributed by atoms with Crippen LogP contribution in [0.25, 0.3) is 0 Å². The van der Waals surface area contributed by atoms with Gasteiger partial charge in [0.1, 0.15) is 11.5 Å². The second-order valence-corrected chi connectivity index (χ2v) is 5.99. The summed E-state index contributed by atoms with van der Waals surface area (Å²) in [4.78, 5) is 39.0. The fourth-order valence-electron chi connectivity index (χ4n) is 2.97. The van der Waals surface area contributed by atoms with Crippen molar-refractivity contribution in [2.45, 2.75) is 13.8 Å². The van der Waals surface area contributed by atoms with E-state index in [4.69, 9.17) is 4.42 Å². The molecule has 0 radical (unpaired) electrons. The molecular weight excluding hydrogens is 334 g/mol. The molecule has 2 amide bonds. The Morgan fingerprint density at radius 3 is 2.19 bits per heavy atom. The summed E-state index contributed by atoms with van der Waals surface area (Å²) in [5, 5.41) is 0. The zero-order valence-corrected chi connectivity index (χ0v) is 15.1. The standard InChI is InChI=1S/C18H23N5O3/c1-3-21(4-2)16-13-19-14(12-20-16)17(24)22-7-9-23(10-8-22)18(25)15-6-5-11-26-15/h5-6,11-13H,3-4,7-10H2,1-2H3. The average Bonchev–Trinajstić information content (AvgIpc) is 3.23. The van der Waals surface area contributed by atoms with E-state index >= 15 is 0 Å². The number of amides is 2. The van der Waals surface area contributed by atoms with E-state index in [1.807, 2.05) is 13.8 Å². The van der Waals surface area contributed by atoms with Crippen LogP contribution in [0, 0.1) is 0 Å². The second-order valence-electron chi connectivity index (χ2n) is 5.99. The van der Waals surface area contributed by atoms with Gasteiger partial charge >= 0.3 is 0 Å². The summed E-state index contributed by atoms with van der Waals surface area (Å²) in [7, 11) is 0. The van der Waals surface area contributed by atoms with E-state index in [9.17, 15) is 9.59 Å². The summed E-state index contributed by atoms with van der Waals surface area (Å²) < 4.78 is 5.15. The summed E-state index contributed by atoms with van der Waals surface area (Å²) in [5.74, 6) is 0.780. The zero-order valence-electron chi connectivity index (χ0n) is 15.1. The van der Waals surface area contributed by atoms with Gasteiger partial charge in [-0.25, -0.2) is 9.97 Å². The van der Waals surface area contributed by atoms with Gasteiger partial charge in [-0.2, -0.15) is 0 Å². The number of furan rings is 1. The Morgan fingerprint density at radius 2 is 1.69 bits per heavy atom. The minimum Gasteiger partial charge on any atom is -0.459 e. The molecule has 138 valence electrons. The predicted octanol–water partition coefficient (Wildman–Crippen LogP) is 1.51. The van der Waals surface area contributed by atoms with Gasteiger partial charge in [0.05, 0.1) is 18.7 Å². The van der Waals surface area contributed by atoms with E-state index in [0.29, 0.717) is 37.6 Å². The third kappa shape index (κ3) is 3.68. The highest BCUT2D eigenvalue weighted by Gasteiger charge is 2.27. The van der Waals surface area contributed by atoms with E-state index in [2.05, 4.69) is 14.9 Å². The van der Waals surface area contributed by atoms with Crippen molar-refractivity contribution in [3.8, 4) is 0 Å². The molecule has 0 saturated carbocycles. The molecule has 0 aliphatic carbocycles. The van der Waals surface area contributed by atoms with Gasteiger partial charge in [-0.15, -0.1) is 0 Å². The largest absolute Gasteiger partial charge is 0.459 e. The maximum atomic E-state index is 12.6. The van der Waals surface area contributed by atoms with Crippen LogP contribution < -0.4 is 4.90 Å². The fraction of sp³-hybridized carbons (Fsp3) is 0.444. The van der Waals surface area contributed by atoms with Crippen molar-refractivity contribution in [1.82, 2.24) is 19.8 Å². The average molecular weight is 357 g/mol. The Labute approximate surface area is 152 Å². The highest BCUT2D eigenvalue weighted by atomic mass is 16.3. The molecule has 2 aromatic heterocycles. The van der Waals surface area contributed by atoms with Gasteiger partial charge in [-0.05, 0) is 26.0 Å². The SMILES string of the molecule is CCN(CC)c1cnc(C(=O)N2CCN(C(=O)c3ccco3)CC2)cn1. The van der Waals surface area contributed by atoms with Crippen molar-refractivity contribution < 1.29 is 14.0 Å². The summed E-state index contributed by atoms with van der Waals surface area (Å²) in [5.41, 5.74) is 0.326. The third-order valence-corrected chi connectivity index (χ3v) is 4.53. The van der Waals surface area contributed by atoms with Crippen molar-refractivity contribution in [3.63, 3.8) is 0 Å². The molecule has 0 aromatic carbocycles. The molecule has 0 bridgehead atoms. The van der Waals surface area contributed by atoms with E-state index in [-0.39, 0.29) is 11.8 Å². The quantitative estimate of drug-likeness (QED) is 0.807. The van der Waals surface area contributed by atoms with E-state index in [1.54, 1.807) is 28.1 Å². The molecule has 8 nitrogen and oxygen atoms in total. The number of nitrogens with zero attached hydrogens (tertiary/aromatic N) is 5. The van der Waals surface area contributed by atoms with Crippen LogP contribution >= 0.6 is 0 Å². The maximum absolute atomic E-state index is 12.6. The Balaban J connectivity index is 1.59. The Morgan fingerprint density at radius 1 is 1.04 bits per heavy atom. The molecular formula is C18H23N5O3. The summed E-state index contributed by atoms with van der Waals surface area (Å²) in [6, 6.07) is 3.33. The number of rotatable bonds is 5. The molecule has 0 atom stereocenters. The van der Waals surface area contributed by atoms with Crippen molar-refractivity contribution >= 4 is 17.6 Å². The molecule has 0 N–H and O–H groups in total. The van der Waals surface area contributed by atoms with Crippen LogP contribution in [0.5, 0.6) is 0 Å². The van der Waals surface area contributed by atoms with Crippen LogP contribution in [0.4, 0.5) is 5.82 Å². The third-order valence-electron chi connectivity index (χ3n) is 4.53. The van der Waals surface area contributed by atoms with Crippen LogP contribution in [0.3, 0.4) is 0 Å². The Bertz CT molecular complexity index is 733. The highest BCUT2D eigenvalue weighted by Crippen LogP contribution is 2.13. The Hall–Kier alpha value is -2.90. The number of anilines is 1. The van der Waals surface area contributed by atoms with E-state index in [1.165, 1.54) is 12.5 Å². The molecule has 8 heteroatoms. The van der Waals surface area contributed by atoms with Crippen LogP contribution in [0.2, 0.25) is 0 Å². The molecule has 26 heavy (non-hydrogen) atoms. The van der Waals surface area contributed by atoms with Crippen molar-refractivity contribution in [2.75, 3.05) is 44.2 Å². The van der Waals surface area contributed by atoms with Crippen LogP contribution in [0.15, 0.2) is 35.2 Å². The first-order chi connectivity index (χ1) is 12.6. The highest BCUT2D eigenvalue weighted by molar-refractivity contribution is 5.93. The fourth-order valence-corrected chi connectivity index (χ4v) is 2.97. The van der Waals surface area contributed by atoms with E-state index < -0.39 is 0 Å². The lowest BCUT2D eigenvalue weighted by molar-refractivity contribution is 0.0515. The van der Waals surface area contributed by atoms with Gasteiger partial charge in [0.15, 0.2) is 5.76 Å². The number of aromatic nitrogens is 2. The predicted molar refractivity (Wildman–Crippen MR) is 96.1 cm³/mol.